The zero-order valence-corrected chi connectivity index (χ0v) is 16.2. The fraction of sp³-hybridized carbons (Fsp3) is 0.611. The number of likely N-dealkylation sites (N-methyl/N-ethyl adjacent to an activating group) is 1. The minimum atomic E-state index is -0.0224. The Kier molecular flexibility index (Phi) is 8.51. The number of carbonyl (C=O) groups is 1. The number of halogens is 2. The second-order valence-corrected chi connectivity index (χ2v) is 6.55. The van der Waals surface area contributed by atoms with Crippen LogP contribution in [0.4, 0.5) is 0 Å². The van der Waals surface area contributed by atoms with Gasteiger partial charge in [0.05, 0.1) is 6.04 Å². The Bertz CT molecular complexity index is 541. The van der Waals surface area contributed by atoms with E-state index in [-0.39, 0.29) is 30.9 Å². The van der Waals surface area contributed by atoms with Crippen LogP contribution in [0.15, 0.2) is 24.3 Å². The Balaban J connectivity index is 0.00000144. The number of nitrogens with zero attached hydrogens (tertiary/aromatic N) is 2. The van der Waals surface area contributed by atoms with Crippen molar-refractivity contribution in [2.75, 3.05) is 26.7 Å². The van der Waals surface area contributed by atoms with E-state index in [4.69, 9.17) is 0 Å². The van der Waals surface area contributed by atoms with Crippen molar-refractivity contribution < 1.29 is 4.79 Å². The third-order valence-corrected chi connectivity index (χ3v) is 5.17. The van der Waals surface area contributed by atoms with E-state index in [1.165, 1.54) is 11.1 Å². The normalized spacial score (nSPS) is 21.4. The predicted octanol–water partition coefficient (Wildman–Crippen LogP) is 2.49. The van der Waals surface area contributed by atoms with Gasteiger partial charge in [0.2, 0.25) is 5.91 Å². The molecule has 4 nitrogen and oxygen atoms in total. The van der Waals surface area contributed by atoms with Gasteiger partial charge in [0.25, 0.3) is 0 Å². The van der Waals surface area contributed by atoms with Crippen LogP contribution in [0.1, 0.15) is 30.9 Å². The first-order valence-corrected chi connectivity index (χ1v) is 8.46. The Labute approximate surface area is 157 Å². The molecule has 1 N–H and O–H groups in total. The maximum atomic E-state index is 12.9. The molecule has 3 rings (SSSR count). The molecule has 1 fully saturated rings. The lowest BCUT2D eigenvalue weighted by atomic mass is 9.98. The highest BCUT2D eigenvalue weighted by atomic mass is 35.5. The number of rotatable bonds is 4. The van der Waals surface area contributed by atoms with Crippen molar-refractivity contribution in [2.45, 2.75) is 44.8 Å². The van der Waals surface area contributed by atoms with Gasteiger partial charge in [-0.2, -0.15) is 0 Å². The molecular weight excluding hydrogens is 345 g/mol. The third kappa shape index (κ3) is 4.42. The maximum absolute atomic E-state index is 12.9. The van der Waals surface area contributed by atoms with Gasteiger partial charge < -0.3 is 10.2 Å². The Morgan fingerprint density at radius 2 is 1.96 bits per heavy atom. The van der Waals surface area contributed by atoms with Crippen molar-refractivity contribution in [3.63, 3.8) is 0 Å². The molecule has 1 amide bonds. The monoisotopic (exact) mass is 373 g/mol. The van der Waals surface area contributed by atoms with Gasteiger partial charge in [0.1, 0.15) is 0 Å². The van der Waals surface area contributed by atoms with Crippen LogP contribution in [0.5, 0.6) is 0 Å². The van der Waals surface area contributed by atoms with E-state index < -0.39 is 0 Å². The average Bonchev–Trinajstić information content (AvgIpc) is 3.01. The van der Waals surface area contributed by atoms with E-state index in [0.29, 0.717) is 11.9 Å². The van der Waals surface area contributed by atoms with Gasteiger partial charge in [-0.1, -0.05) is 24.3 Å². The number of hydrogen-bond acceptors (Lipinski definition) is 3. The predicted molar refractivity (Wildman–Crippen MR) is 103 cm³/mol. The topological polar surface area (TPSA) is 35.6 Å². The summed E-state index contributed by atoms with van der Waals surface area (Å²) >= 11 is 0. The van der Waals surface area contributed by atoms with Crippen LogP contribution < -0.4 is 5.32 Å². The van der Waals surface area contributed by atoms with Crippen molar-refractivity contribution >= 4 is 30.7 Å². The lowest BCUT2D eigenvalue weighted by Gasteiger charge is -2.36. The van der Waals surface area contributed by atoms with Crippen LogP contribution in [0.3, 0.4) is 0 Å². The van der Waals surface area contributed by atoms with Crippen LogP contribution in [-0.2, 0) is 17.8 Å². The summed E-state index contributed by atoms with van der Waals surface area (Å²) in [5, 5.41) is 3.22. The number of carbonyl (C=O) groups excluding carboxylic acids is 1. The molecule has 2 aliphatic rings. The molecule has 0 bridgehead atoms. The Hall–Kier alpha value is -0.810. The highest BCUT2D eigenvalue weighted by molar-refractivity contribution is 5.85. The summed E-state index contributed by atoms with van der Waals surface area (Å²) in [7, 11) is 1.96. The maximum Gasteiger partial charge on any atom is 0.239 e. The van der Waals surface area contributed by atoms with Crippen LogP contribution in [-0.4, -0.2) is 54.5 Å². The van der Waals surface area contributed by atoms with Crippen molar-refractivity contribution in [3.05, 3.63) is 35.4 Å². The summed E-state index contributed by atoms with van der Waals surface area (Å²) in [5.41, 5.74) is 2.81. The van der Waals surface area contributed by atoms with E-state index in [9.17, 15) is 4.79 Å². The first kappa shape index (κ1) is 21.2. The fourth-order valence-corrected chi connectivity index (χ4v) is 3.82. The number of nitrogens with one attached hydrogen (secondary N) is 1. The molecular formula is C18H29Cl2N3O. The summed E-state index contributed by atoms with van der Waals surface area (Å²) in [6.45, 7) is 5.77. The lowest BCUT2D eigenvalue weighted by Crippen LogP contribution is -2.51. The third-order valence-electron chi connectivity index (χ3n) is 5.17. The van der Waals surface area contributed by atoms with E-state index in [1.54, 1.807) is 0 Å². The molecule has 1 saturated heterocycles. The van der Waals surface area contributed by atoms with Crippen molar-refractivity contribution in [2.24, 2.45) is 0 Å². The zero-order chi connectivity index (χ0) is 15.5. The molecule has 136 valence electrons. The number of likely N-dealkylation sites (tertiary alicyclic amines) is 1. The Morgan fingerprint density at radius 1 is 1.25 bits per heavy atom. The molecule has 2 aliphatic heterocycles. The van der Waals surface area contributed by atoms with Crippen molar-refractivity contribution in [1.82, 2.24) is 15.1 Å². The molecule has 6 heteroatoms. The van der Waals surface area contributed by atoms with Crippen molar-refractivity contribution in [3.8, 4) is 0 Å². The highest BCUT2D eigenvalue weighted by Crippen LogP contribution is 2.23. The van der Waals surface area contributed by atoms with Crippen LogP contribution >= 0.6 is 24.8 Å². The molecule has 0 aliphatic carbocycles. The van der Waals surface area contributed by atoms with Gasteiger partial charge >= 0.3 is 0 Å². The molecule has 2 heterocycles. The Morgan fingerprint density at radius 3 is 2.67 bits per heavy atom. The molecule has 0 radical (unpaired) electrons. The summed E-state index contributed by atoms with van der Waals surface area (Å²) in [6.07, 6.45) is 3.31. The average molecular weight is 374 g/mol. The second-order valence-electron chi connectivity index (χ2n) is 6.55. The van der Waals surface area contributed by atoms with E-state index >= 15 is 0 Å². The van der Waals surface area contributed by atoms with Crippen molar-refractivity contribution in [1.29, 1.82) is 0 Å². The van der Waals surface area contributed by atoms with Crippen LogP contribution in [0.25, 0.3) is 0 Å². The molecule has 0 aromatic heterocycles. The number of amides is 1. The molecule has 24 heavy (non-hydrogen) atoms. The number of benzene rings is 1. The minimum Gasteiger partial charge on any atom is -0.337 e. The van der Waals surface area contributed by atoms with E-state index in [2.05, 4.69) is 46.3 Å². The molecule has 2 atom stereocenters. The fourth-order valence-electron chi connectivity index (χ4n) is 3.82. The zero-order valence-electron chi connectivity index (χ0n) is 14.5. The summed E-state index contributed by atoms with van der Waals surface area (Å²) in [5.74, 6) is 0.303. The summed E-state index contributed by atoms with van der Waals surface area (Å²) in [6, 6.07) is 8.96. The van der Waals surface area contributed by atoms with Gasteiger partial charge in [-0.3, -0.25) is 9.69 Å². The minimum absolute atomic E-state index is 0. The number of fused-ring (bicyclic) bond motifs is 1. The lowest BCUT2D eigenvalue weighted by molar-refractivity contribution is -0.137. The van der Waals surface area contributed by atoms with E-state index in [0.717, 1.165) is 45.4 Å². The quantitative estimate of drug-likeness (QED) is 0.880. The van der Waals surface area contributed by atoms with Gasteiger partial charge in [-0.15, -0.1) is 24.8 Å². The highest BCUT2D eigenvalue weighted by Gasteiger charge is 2.34. The first-order valence-electron chi connectivity index (χ1n) is 8.46. The van der Waals surface area contributed by atoms with Crippen LogP contribution in [0.2, 0.25) is 0 Å². The number of hydrogen-bond donors (Lipinski definition) is 1. The standard InChI is InChI=1S/C18H27N3O.2ClH/c1-14(18(22)21-10-5-8-17(21)12-19-2)20-11-9-15-6-3-4-7-16(15)13-20;;/h3-4,6-7,14,17,19H,5,8-13H2,1-2H3;2*1H. The second kappa shape index (κ2) is 9.62. The first-order chi connectivity index (χ1) is 10.7. The molecule has 1 aromatic carbocycles. The van der Waals surface area contributed by atoms with E-state index in [1.807, 2.05) is 7.05 Å². The SMILES string of the molecule is CNCC1CCCN1C(=O)C(C)N1CCc2ccccc2C1.Cl.Cl. The molecule has 0 saturated carbocycles. The van der Waals surface area contributed by atoms with Gasteiger partial charge in [-0.05, 0) is 44.4 Å². The molecule has 1 aromatic rings. The summed E-state index contributed by atoms with van der Waals surface area (Å²) in [4.78, 5) is 17.3. The van der Waals surface area contributed by atoms with Gasteiger partial charge in [0.15, 0.2) is 0 Å². The molecule has 0 spiro atoms. The summed E-state index contributed by atoms with van der Waals surface area (Å²) < 4.78 is 0. The largest absolute Gasteiger partial charge is 0.337 e. The van der Waals surface area contributed by atoms with Crippen LogP contribution in [0, 0.1) is 0 Å². The van der Waals surface area contributed by atoms with Gasteiger partial charge in [-0.25, -0.2) is 0 Å². The smallest absolute Gasteiger partial charge is 0.239 e. The van der Waals surface area contributed by atoms with Gasteiger partial charge in [0, 0.05) is 32.2 Å². The molecule has 2 unspecified atom stereocenters.